The molecule has 1 aliphatic rings. The van der Waals surface area contributed by atoms with Crippen molar-refractivity contribution in [2.75, 3.05) is 33.7 Å². The van der Waals surface area contributed by atoms with Crippen molar-refractivity contribution >= 4 is 17.1 Å². The van der Waals surface area contributed by atoms with E-state index in [2.05, 4.69) is 21.3 Å². The van der Waals surface area contributed by atoms with E-state index in [1.165, 1.54) is 0 Å². The van der Waals surface area contributed by atoms with Crippen LogP contribution in [0.4, 0.5) is 0 Å². The van der Waals surface area contributed by atoms with Crippen LogP contribution in [0.15, 0.2) is 41.4 Å². The van der Waals surface area contributed by atoms with E-state index in [0.29, 0.717) is 19.6 Å². The Morgan fingerprint density at radius 1 is 1.32 bits per heavy atom. The zero-order valence-electron chi connectivity index (χ0n) is 16.2. The molecular weight excluding hydrogens is 356 g/mol. The van der Waals surface area contributed by atoms with Crippen molar-refractivity contribution in [3.05, 3.63) is 54.1 Å². The number of hydrogen-bond acceptors (Lipinski definition) is 6. The molecule has 28 heavy (non-hydrogen) atoms. The van der Waals surface area contributed by atoms with Gasteiger partial charge in [0.25, 0.3) is 0 Å². The van der Waals surface area contributed by atoms with Gasteiger partial charge in [-0.05, 0) is 38.2 Å². The first-order chi connectivity index (χ1) is 13.6. The summed E-state index contributed by atoms with van der Waals surface area (Å²) in [5.74, 6) is 1.99. The van der Waals surface area contributed by atoms with Gasteiger partial charge in [-0.1, -0.05) is 6.08 Å². The number of fused-ring (bicyclic) bond motifs is 1. The molecule has 3 aromatic rings. The fraction of sp³-hybridized carbons (Fsp3) is 0.400. The van der Waals surface area contributed by atoms with Crippen molar-refractivity contribution in [1.29, 1.82) is 0 Å². The molecule has 3 aromatic heterocycles. The Kier molecular flexibility index (Phi) is 5.21. The summed E-state index contributed by atoms with van der Waals surface area (Å²) in [6, 6.07) is 3.86. The second-order valence-corrected chi connectivity index (χ2v) is 7.25. The number of nitrogens with zero attached hydrogens (tertiary/aromatic N) is 6. The molecule has 0 spiro atoms. The van der Waals surface area contributed by atoms with Gasteiger partial charge in [0.2, 0.25) is 5.91 Å². The zero-order chi connectivity index (χ0) is 19.5. The minimum absolute atomic E-state index is 0.152. The summed E-state index contributed by atoms with van der Waals surface area (Å²) in [7, 11) is 3.81. The van der Waals surface area contributed by atoms with Crippen molar-refractivity contribution in [3.8, 4) is 0 Å². The minimum Gasteiger partial charge on any atom is -0.469 e. The van der Waals surface area contributed by atoms with Gasteiger partial charge < -0.3 is 14.2 Å². The third-order valence-corrected chi connectivity index (χ3v) is 4.94. The van der Waals surface area contributed by atoms with E-state index in [9.17, 15) is 4.79 Å². The predicted molar refractivity (Wildman–Crippen MR) is 105 cm³/mol. The predicted octanol–water partition coefficient (Wildman–Crippen LogP) is 1.68. The van der Waals surface area contributed by atoms with Crippen LogP contribution in [0.2, 0.25) is 0 Å². The Balaban J connectivity index is 1.52. The number of carbonyl (C=O) groups excluding carboxylic acids is 1. The van der Waals surface area contributed by atoms with Crippen molar-refractivity contribution in [2.45, 2.75) is 19.3 Å². The van der Waals surface area contributed by atoms with E-state index in [1.54, 1.807) is 12.6 Å². The summed E-state index contributed by atoms with van der Waals surface area (Å²) in [6.45, 7) is 1.76. The fourth-order valence-electron chi connectivity index (χ4n) is 3.48. The summed E-state index contributed by atoms with van der Waals surface area (Å²) in [5.41, 5.74) is 2.96. The molecule has 0 radical (unpaired) electrons. The molecule has 0 aromatic carbocycles. The molecule has 0 atom stereocenters. The number of amides is 1. The average Bonchev–Trinajstić information content (AvgIpc) is 3.38. The summed E-state index contributed by atoms with van der Waals surface area (Å²) >= 11 is 0. The van der Waals surface area contributed by atoms with Gasteiger partial charge in [-0.2, -0.15) is 0 Å². The molecular formula is C20H24N6O2. The normalized spacial score (nSPS) is 14.7. The lowest BCUT2D eigenvalue weighted by atomic mass is 10.0. The Morgan fingerprint density at radius 2 is 2.21 bits per heavy atom. The van der Waals surface area contributed by atoms with Crippen LogP contribution in [0.5, 0.6) is 0 Å². The van der Waals surface area contributed by atoms with Crippen LogP contribution in [-0.2, 0) is 17.6 Å². The van der Waals surface area contributed by atoms with Crippen LogP contribution in [0.25, 0.3) is 11.2 Å². The zero-order valence-corrected chi connectivity index (χ0v) is 16.2. The molecule has 0 saturated heterocycles. The Hall–Kier alpha value is -3.00. The van der Waals surface area contributed by atoms with Crippen LogP contribution < -0.4 is 0 Å². The summed E-state index contributed by atoms with van der Waals surface area (Å²) in [5, 5.41) is 8.41. The van der Waals surface area contributed by atoms with Gasteiger partial charge in [-0.3, -0.25) is 9.20 Å². The number of furan rings is 1. The Bertz CT molecular complexity index is 989. The molecule has 8 heteroatoms. The first-order valence-corrected chi connectivity index (χ1v) is 9.43. The van der Waals surface area contributed by atoms with Gasteiger partial charge in [-0.15, -0.1) is 10.2 Å². The van der Waals surface area contributed by atoms with Crippen LogP contribution in [0.1, 0.15) is 23.6 Å². The van der Waals surface area contributed by atoms with Crippen molar-refractivity contribution in [1.82, 2.24) is 29.4 Å². The first-order valence-electron chi connectivity index (χ1n) is 9.43. The van der Waals surface area contributed by atoms with E-state index in [0.717, 1.165) is 47.6 Å². The van der Waals surface area contributed by atoms with Crippen LogP contribution in [-0.4, -0.2) is 69.0 Å². The first kappa shape index (κ1) is 18.4. The van der Waals surface area contributed by atoms with Crippen LogP contribution >= 0.6 is 0 Å². The molecule has 4 heterocycles. The van der Waals surface area contributed by atoms with Gasteiger partial charge in [0.15, 0.2) is 5.65 Å². The van der Waals surface area contributed by atoms with E-state index in [1.807, 2.05) is 46.6 Å². The van der Waals surface area contributed by atoms with Gasteiger partial charge >= 0.3 is 0 Å². The maximum atomic E-state index is 12.2. The maximum Gasteiger partial charge on any atom is 0.237 e. The average molecular weight is 380 g/mol. The minimum atomic E-state index is 0.152. The van der Waals surface area contributed by atoms with Crippen LogP contribution in [0.3, 0.4) is 0 Å². The topological polar surface area (TPSA) is 79.8 Å². The monoisotopic (exact) mass is 380 g/mol. The molecule has 0 fully saturated rings. The van der Waals surface area contributed by atoms with E-state index in [-0.39, 0.29) is 5.91 Å². The van der Waals surface area contributed by atoms with E-state index in [4.69, 9.17) is 4.42 Å². The number of likely N-dealkylation sites (N-methyl/N-ethyl adjacent to an activating group) is 1. The Morgan fingerprint density at radius 3 is 2.93 bits per heavy atom. The smallest absolute Gasteiger partial charge is 0.237 e. The van der Waals surface area contributed by atoms with Crippen molar-refractivity contribution < 1.29 is 9.21 Å². The van der Waals surface area contributed by atoms with Crippen molar-refractivity contribution in [3.63, 3.8) is 0 Å². The maximum absolute atomic E-state index is 12.2. The molecule has 146 valence electrons. The number of aryl methyl sites for hydroxylation is 2. The highest BCUT2D eigenvalue weighted by Crippen LogP contribution is 2.25. The molecule has 8 nitrogen and oxygen atoms in total. The number of rotatable bonds is 6. The van der Waals surface area contributed by atoms with Gasteiger partial charge in [0.05, 0.1) is 12.8 Å². The SMILES string of the molecule is CN(C)CC(=O)N1CC=C(c2cnc(CCc3ccco3)n3cnnc23)CC1. The molecule has 0 bridgehead atoms. The third kappa shape index (κ3) is 3.82. The summed E-state index contributed by atoms with van der Waals surface area (Å²) in [6.07, 6.45) is 9.68. The summed E-state index contributed by atoms with van der Waals surface area (Å²) in [4.78, 5) is 20.7. The standard InChI is InChI=1S/C20H24N6O2/c1-24(2)13-19(27)25-9-7-15(8-10-25)17-12-21-18(26-14-22-23-20(17)26)6-5-16-4-3-11-28-16/h3-4,7,11-12,14H,5-6,8-10,13H2,1-2H3. The second kappa shape index (κ2) is 7.93. The number of carbonyl (C=O) groups is 1. The van der Waals surface area contributed by atoms with E-state index < -0.39 is 0 Å². The highest BCUT2D eigenvalue weighted by Gasteiger charge is 2.20. The highest BCUT2D eigenvalue weighted by molar-refractivity contribution is 5.81. The molecule has 0 N–H and O–H groups in total. The lowest BCUT2D eigenvalue weighted by Crippen LogP contribution is -2.40. The lowest BCUT2D eigenvalue weighted by Gasteiger charge is -2.27. The third-order valence-electron chi connectivity index (χ3n) is 4.94. The molecule has 0 saturated carbocycles. The van der Waals surface area contributed by atoms with Crippen LogP contribution in [0, 0.1) is 0 Å². The van der Waals surface area contributed by atoms with E-state index >= 15 is 0 Å². The molecule has 1 amide bonds. The molecule has 0 aliphatic carbocycles. The van der Waals surface area contributed by atoms with Crippen molar-refractivity contribution in [2.24, 2.45) is 0 Å². The number of hydrogen-bond donors (Lipinski definition) is 0. The number of aromatic nitrogens is 4. The quantitative estimate of drug-likeness (QED) is 0.647. The van der Waals surface area contributed by atoms with Gasteiger partial charge in [0, 0.05) is 37.7 Å². The Labute approximate surface area is 163 Å². The molecule has 4 rings (SSSR count). The largest absolute Gasteiger partial charge is 0.469 e. The van der Waals surface area contributed by atoms with Gasteiger partial charge in [0.1, 0.15) is 17.9 Å². The summed E-state index contributed by atoms with van der Waals surface area (Å²) < 4.78 is 7.36. The lowest BCUT2D eigenvalue weighted by molar-refractivity contribution is -0.131. The molecule has 1 aliphatic heterocycles. The highest BCUT2D eigenvalue weighted by atomic mass is 16.3. The fourth-order valence-corrected chi connectivity index (χ4v) is 3.48. The second-order valence-electron chi connectivity index (χ2n) is 7.25. The van der Waals surface area contributed by atoms with Gasteiger partial charge in [-0.25, -0.2) is 4.98 Å². The molecule has 0 unspecified atom stereocenters.